The molecule has 0 radical (unpaired) electrons. The second-order valence-electron chi connectivity index (χ2n) is 14.8. The third-order valence-corrected chi connectivity index (χ3v) is 11.6. The molecule has 0 amide bonds. The third kappa shape index (κ3) is 4.94. The van der Waals surface area contributed by atoms with E-state index in [1.807, 2.05) is 12.1 Å². The van der Waals surface area contributed by atoms with Gasteiger partial charge in [-0.2, -0.15) is 0 Å². The van der Waals surface area contributed by atoms with Gasteiger partial charge in [-0.25, -0.2) is 15.0 Å². The highest BCUT2D eigenvalue weighted by Crippen LogP contribution is 2.63. The van der Waals surface area contributed by atoms with Crippen molar-refractivity contribution >= 4 is 0 Å². The molecule has 0 saturated heterocycles. The highest BCUT2D eigenvalue weighted by Gasteiger charge is 2.51. The minimum Gasteiger partial charge on any atom is -0.208 e. The minimum absolute atomic E-state index is 0.459. The minimum atomic E-state index is -0.459. The van der Waals surface area contributed by atoms with Crippen LogP contribution in [0.15, 0.2) is 194 Å². The van der Waals surface area contributed by atoms with Crippen molar-refractivity contribution < 1.29 is 0 Å². The lowest BCUT2D eigenvalue weighted by atomic mass is 9.70. The molecular formula is C53H35N3. The maximum atomic E-state index is 5.24. The van der Waals surface area contributed by atoms with Crippen LogP contribution in [0.4, 0.5) is 0 Å². The zero-order valence-electron chi connectivity index (χ0n) is 30.8. The summed E-state index contributed by atoms with van der Waals surface area (Å²) in [5, 5.41) is 0. The predicted octanol–water partition coefficient (Wildman–Crippen LogP) is 12.9. The molecule has 0 saturated carbocycles. The molecule has 3 nitrogen and oxygen atoms in total. The molecule has 1 atom stereocenters. The molecular weight excluding hydrogens is 679 g/mol. The van der Waals surface area contributed by atoms with Gasteiger partial charge in [-0.05, 0) is 79.8 Å². The van der Waals surface area contributed by atoms with Crippen molar-refractivity contribution in [1.82, 2.24) is 15.0 Å². The molecule has 0 bridgehead atoms. The maximum absolute atomic E-state index is 5.24. The summed E-state index contributed by atoms with van der Waals surface area (Å²) in [5.41, 5.74) is 18.6. The molecule has 2 aliphatic carbocycles. The molecule has 262 valence electrons. The van der Waals surface area contributed by atoms with Gasteiger partial charge < -0.3 is 0 Å². The Bertz CT molecular complexity index is 2840. The van der Waals surface area contributed by atoms with E-state index in [-0.39, 0.29) is 0 Å². The number of aromatic nitrogens is 3. The zero-order valence-corrected chi connectivity index (χ0v) is 30.8. The quantitative estimate of drug-likeness (QED) is 0.178. The first-order valence-electron chi connectivity index (χ1n) is 19.2. The molecule has 1 heterocycles. The van der Waals surface area contributed by atoms with Crippen molar-refractivity contribution in [3.63, 3.8) is 0 Å². The molecule has 2 aliphatic rings. The Balaban J connectivity index is 1.10. The summed E-state index contributed by atoms with van der Waals surface area (Å²) in [6.45, 7) is 2.20. The second-order valence-corrected chi connectivity index (χ2v) is 14.8. The van der Waals surface area contributed by atoms with Gasteiger partial charge in [0.05, 0.1) is 5.41 Å². The third-order valence-electron chi connectivity index (χ3n) is 11.6. The van der Waals surface area contributed by atoms with E-state index in [4.69, 9.17) is 15.0 Å². The molecule has 56 heavy (non-hydrogen) atoms. The largest absolute Gasteiger partial charge is 0.208 e. The Morgan fingerprint density at radius 2 is 0.643 bits per heavy atom. The Hall–Kier alpha value is -7.23. The van der Waals surface area contributed by atoms with Crippen molar-refractivity contribution in [3.05, 3.63) is 222 Å². The molecule has 1 aromatic heterocycles. The van der Waals surface area contributed by atoms with Crippen LogP contribution in [0.2, 0.25) is 0 Å². The van der Waals surface area contributed by atoms with Gasteiger partial charge in [0.25, 0.3) is 0 Å². The SMILES string of the molecule is Cc1ccc2c(c1)C1(c3ccccc3-2)c2ccccc2-c2ccc(-c3nc(-c4ccc(-c5ccccc5)cc4)nc(-c4ccc(-c5ccccc5)cc4)n3)cc21. The summed E-state index contributed by atoms with van der Waals surface area (Å²) < 4.78 is 0. The van der Waals surface area contributed by atoms with Crippen molar-refractivity contribution in [2.75, 3.05) is 0 Å². The molecule has 9 aromatic rings. The van der Waals surface area contributed by atoms with Crippen LogP contribution in [0.3, 0.4) is 0 Å². The van der Waals surface area contributed by atoms with Gasteiger partial charge in [-0.15, -0.1) is 0 Å². The van der Waals surface area contributed by atoms with Crippen molar-refractivity contribution in [3.8, 4) is 78.7 Å². The predicted molar refractivity (Wildman–Crippen MR) is 228 cm³/mol. The lowest BCUT2D eigenvalue weighted by molar-refractivity contribution is 0.792. The summed E-state index contributed by atoms with van der Waals surface area (Å²) in [6, 6.07) is 69.6. The molecule has 8 aromatic carbocycles. The summed E-state index contributed by atoms with van der Waals surface area (Å²) in [5.74, 6) is 1.93. The van der Waals surface area contributed by atoms with Crippen LogP contribution in [-0.4, -0.2) is 15.0 Å². The van der Waals surface area contributed by atoms with Crippen molar-refractivity contribution in [2.24, 2.45) is 0 Å². The van der Waals surface area contributed by atoms with E-state index in [0.717, 1.165) is 27.8 Å². The first kappa shape index (κ1) is 32.2. The fraction of sp³-hybridized carbons (Fsp3) is 0.0377. The Morgan fingerprint density at radius 3 is 1.16 bits per heavy atom. The molecule has 1 unspecified atom stereocenters. The van der Waals surface area contributed by atoms with Crippen LogP contribution >= 0.6 is 0 Å². The van der Waals surface area contributed by atoms with Crippen molar-refractivity contribution in [1.29, 1.82) is 0 Å². The molecule has 1 spiro atoms. The summed E-state index contributed by atoms with van der Waals surface area (Å²) in [4.78, 5) is 15.6. The van der Waals surface area contributed by atoms with Gasteiger partial charge >= 0.3 is 0 Å². The smallest absolute Gasteiger partial charge is 0.164 e. The van der Waals surface area contributed by atoms with Gasteiger partial charge in [0, 0.05) is 16.7 Å². The average Bonchev–Trinajstić information content (AvgIpc) is 3.73. The lowest BCUT2D eigenvalue weighted by Crippen LogP contribution is -2.26. The van der Waals surface area contributed by atoms with E-state index in [2.05, 4.69) is 189 Å². The maximum Gasteiger partial charge on any atom is 0.164 e. The Kier molecular flexibility index (Phi) is 7.30. The number of hydrogen-bond donors (Lipinski definition) is 0. The van der Waals surface area contributed by atoms with Crippen LogP contribution < -0.4 is 0 Å². The monoisotopic (exact) mass is 713 g/mol. The number of nitrogens with zero attached hydrogens (tertiary/aromatic N) is 3. The second kappa shape index (κ2) is 12.7. The van der Waals surface area contributed by atoms with E-state index < -0.39 is 5.41 Å². The molecule has 0 aliphatic heterocycles. The van der Waals surface area contributed by atoms with Crippen LogP contribution in [0, 0.1) is 6.92 Å². The lowest BCUT2D eigenvalue weighted by Gasteiger charge is -2.31. The summed E-state index contributed by atoms with van der Waals surface area (Å²) in [6.07, 6.45) is 0. The normalized spacial score (nSPS) is 14.6. The fourth-order valence-corrected chi connectivity index (χ4v) is 9.04. The molecule has 3 heteroatoms. The van der Waals surface area contributed by atoms with E-state index in [1.165, 1.54) is 61.2 Å². The Morgan fingerprint density at radius 1 is 0.286 bits per heavy atom. The number of aryl methyl sites for hydroxylation is 1. The number of hydrogen-bond acceptors (Lipinski definition) is 3. The number of rotatable bonds is 5. The van der Waals surface area contributed by atoms with Gasteiger partial charge in [-0.3, -0.25) is 0 Å². The first-order chi connectivity index (χ1) is 27.6. The first-order valence-corrected chi connectivity index (χ1v) is 19.2. The van der Waals surface area contributed by atoms with Gasteiger partial charge in [-0.1, -0.05) is 194 Å². The van der Waals surface area contributed by atoms with E-state index in [9.17, 15) is 0 Å². The topological polar surface area (TPSA) is 38.7 Å². The van der Waals surface area contributed by atoms with Crippen LogP contribution in [0.1, 0.15) is 27.8 Å². The zero-order chi connectivity index (χ0) is 37.2. The van der Waals surface area contributed by atoms with E-state index in [0.29, 0.717) is 17.5 Å². The van der Waals surface area contributed by atoms with E-state index in [1.54, 1.807) is 0 Å². The van der Waals surface area contributed by atoms with Crippen LogP contribution in [-0.2, 0) is 5.41 Å². The fourth-order valence-electron chi connectivity index (χ4n) is 9.04. The van der Waals surface area contributed by atoms with Gasteiger partial charge in [0.15, 0.2) is 17.5 Å². The van der Waals surface area contributed by atoms with Crippen molar-refractivity contribution in [2.45, 2.75) is 12.3 Å². The van der Waals surface area contributed by atoms with E-state index >= 15 is 0 Å². The highest BCUT2D eigenvalue weighted by atomic mass is 15.0. The molecule has 0 N–H and O–H groups in total. The Labute approximate surface area is 326 Å². The highest BCUT2D eigenvalue weighted by molar-refractivity contribution is 5.96. The number of fused-ring (bicyclic) bond motifs is 10. The average molecular weight is 714 g/mol. The van der Waals surface area contributed by atoms with Gasteiger partial charge in [0.2, 0.25) is 0 Å². The summed E-state index contributed by atoms with van der Waals surface area (Å²) in [7, 11) is 0. The molecule has 0 fully saturated rings. The molecule has 11 rings (SSSR count). The standard InChI is InChI=1S/C53H35N3/c1-34-20-30-44-42-16-8-10-18-46(42)53(48(44)32-34)47-19-11-9-17-43(47)45-31-29-41(33-49(45)53)52-55-50(39-25-21-37(22-26-39)35-12-4-2-5-13-35)54-51(56-52)40-27-23-38(24-28-40)36-14-6-3-7-15-36/h2-33H,1H3. The summed E-state index contributed by atoms with van der Waals surface area (Å²) >= 11 is 0. The van der Waals surface area contributed by atoms with Crippen LogP contribution in [0.5, 0.6) is 0 Å². The van der Waals surface area contributed by atoms with Crippen LogP contribution in [0.25, 0.3) is 78.7 Å². The van der Waals surface area contributed by atoms with Gasteiger partial charge in [0.1, 0.15) is 0 Å². The number of benzene rings is 8.